The number of fused-ring (bicyclic) bond motifs is 2. The van der Waals surface area contributed by atoms with Crippen LogP contribution in [0.15, 0.2) is 91.5 Å². The topological polar surface area (TPSA) is 92.8 Å². The number of ether oxygens (including phenoxy) is 6. The zero-order chi connectivity index (χ0) is 27.6. The monoisotopic (exact) mass is 543 g/mol. The maximum atomic E-state index is 13.7. The number of hydrogen-bond acceptors (Lipinski definition) is 8. The molecule has 2 saturated heterocycles. The van der Waals surface area contributed by atoms with E-state index in [1.807, 2.05) is 30.3 Å². The molecule has 0 aromatic heterocycles. The third-order valence-corrected chi connectivity index (χ3v) is 7.22. The van der Waals surface area contributed by atoms with Gasteiger partial charge in [-0.1, -0.05) is 48.5 Å². The number of carbonyl (C=O) groups excluding carboxylic acids is 2. The molecule has 2 amide bonds. The van der Waals surface area contributed by atoms with Gasteiger partial charge >= 0.3 is 0 Å². The van der Waals surface area contributed by atoms with Gasteiger partial charge in [0.1, 0.15) is 35.9 Å². The van der Waals surface area contributed by atoms with Crippen LogP contribution in [0.5, 0.6) is 11.5 Å². The predicted molar refractivity (Wildman–Crippen MR) is 143 cm³/mol. The van der Waals surface area contributed by atoms with Crippen molar-refractivity contribution in [2.24, 2.45) is 0 Å². The summed E-state index contributed by atoms with van der Waals surface area (Å²) < 4.78 is 36.7. The van der Waals surface area contributed by atoms with Gasteiger partial charge in [-0.2, -0.15) is 0 Å². The Bertz CT molecular complexity index is 1340. The van der Waals surface area contributed by atoms with Gasteiger partial charge in [0.05, 0.1) is 31.5 Å². The maximum absolute atomic E-state index is 13.7. The van der Waals surface area contributed by atoms with E-state index in [4.69, 9.17) is 28.4 Å². The summed E-state index contributed by atoms with van der Waals surface area (Å²) in [5.41, 5.74) is 1.46. The number of benzene rings is 3. The van der Waals surface area contributed by atoms with Crippen LogP contribution in [0.3, 0.4) is 0 Å². The molecule has 3 aromatic rings. The van der Waals surface area contributed by atoms with Gasteiger partial charge in [0.15, 0.2) is 6.29 Å². The van der Waals surface area contributed by atoms with Crippen molar-refractivity contribution < 1.29 is 38.0 Å². The van der Waals surface area contributed by atoms with Crippen LogP contribution in [0, 0.1) is 0 Å². The van der Waals surface area contributed by atoms with Crippen molar-refractivity contribution in [1.82, 2.24) is 4.90 Å². The standard InChI is InChI=1S/C31H29NO8/c1-3-17-36-27-25(32-28(33)22-11-7-8-12-23(22)29(32)34)31(38-21-15-13-20(35-2)14-16-21)39-24-18-37-30(40-26(24)27)19-9-5-4-6-10-19/h3-16,24-27,30-31H,1,17-18H2,2H3/t24-,25-,26-,27-,30?,31-/m1/s1. The molecular formula is C31H29NO8. The van der Waals surface area contributed by atoms with Crippen molar-refractivity contribution in [1.29, 1.82) is 0 Å². The highest BCUT2D eigenvalue weighted by Crippen LogP contribution is 2.40. The van der Waals surface area contributed by atoms with E-state index >= 15 is 0 Å². The average Bonchev–Trinajstić information content (AvgIpc) is 3.25. The smallest absolute Gasteiger partial charge is 0.262 e. The number of hydrogen-bond donors (Lipinski definition) is 0. The van der Waals surface area contributed by atoms with Gasteiger partial charge in [0.25, 0.3) is 11.8 Å². The van der Waals surface area contributed by atoms with Gasteiger partial charge in [-0.3, -0.25) is 14.5 Å². The fraction of sp³-hybridized carbons (Fsp3) is 0.290. The van der Waals surface area contributed by atoms with E-state index in [0.29, 0.717) is 22.6 Å². The van der Waals surface area contributed by atoms with Crippen LogP contribution >= 0.6 is 0 Å². The Morgan fingerprint density at radius 1 is 0.900 bits per heavy atom. The lowest BCUT2D eigenvalue weighted by Crippen LogP contribution is -2.69. The molecule has 40 heavy (non-hydrogen) atoms. The molecule has 0 saturated carbocycles. The number of rotatable bonds is 8. The minimum Gasteiger partial charge on any atom is -0.497 e. The molecule has 206 valence electrons. The summed E-state index contributed by atoms with van der Waals surface area (Å²) in [4.78, 5) is 28.6. The Morgan fingerprint density at radius 3 is 2.20 bits per heavy atom. The molecule has 9 heteroatoms. The predicted octanol–water partition coefficient (Wildman–Crippen LogP) is 4.15. The van der Waals surface area contributed by atoms with Gasteiger partial charge in [-0.05, 0) is 36.4 Å². The Balaban J connectivity index is 1.39. The van der Waals surface area contributed by atoms with Crippen molar-refractivity contribution >= 4 is 11.8 Å². The molecule has 1 unspecified atom stereocenters. The summed E-state index contributed by atoms with van der Waals surface area (Å²) in [6, 6.07) is 22.2. The number of carbonyl (C=O) groups is 2. The summed E-state index contributed by atoms with van der Waals surface area (Å²) in [5.74, 6) is 0.222. The van der Waals surface area contributed by atoms with Crippen LogP contribution in [0.25, 0.3) is 0 Å². The van der Waals surface area contributed by atoms with Crippen LogP contribution in [-0.4, -0.2) is 67.7 Å². The zero-order valence-electron chi connectivity index (χ0n) is 21.9. The lowest BCUT2D eigenvalue weighted by Gasteiger charge is -2.50. The van der Waals surface area contributed by atoms with E-state index in [1.165, 1.54) is 4.90 Å². The van der Waals surface area contributed by atoms with E-state index in [1.54, 1.807) is 61.7 Å². The molecule has 9 nitrogen and oxygen atoms in total. The van der Waals surface area contributed by atoms with Gasteiger partial charge in [-0.15, -0.1) is 6.58 Å². The van der Waals surface area contributed by atoms with Crippen molar-refractivity contribution in [3.05, 3.63) is 108 Å². The Labute approximate surface area is 231 Å². The number of nitrogens with zero attached hydrogens (tertiary/aromatic N) is 1. The van der Waals surface area contributed by atoms with E-state index < -0.39 is 48.7 Å². The molecule has 0 bridgehead atoms. The summed E-state index contributed by atoms with van der Waals surface area (Å²) in [5, 5.41) is 0. The lowest BCUT2D eigenvalue weighted by molar-refractivity contribution is -0.342. The SMILES string of the molecule is C=CCO[C@H]1[C@@H]2OC(c3ccccc3)OC[C@H]2O[C@@H](Oc2ccc(OC)cc2)[C@@H]1N1C(=O)c2ccccc2C1=O. The fourth-order valence-electron chi connectivity index (χ4n) is 5.35. The number of amides is 2. The highest BCUT2D eigenvalue weighted by atomic mass is 16.8. The molecule has 3 aromatic carbocycles. The van der Waals surface area contributed by atoms with Gasteiger partial charge in [0.2, 0.25) is 6.29 Å². The molecule has 3 heterocycles. The van der Waals surface area contributed by atoms with E-state index in [0.717, 1.165) is 5.56 Å². The summed E-state index contributed by atoms with van der Waals surface area (Å²) in [6.07, 6.45) is -2.22. The quantitative estimate of drug-likeness (QED) is 0.309. The maximum Gasteiger partial charge on any atom is 0.262 e. The largest absolute Gasteiger partial charge is 0.497 e. The number of imide groups is 1. The third kappa shape index (κ3) is 4.77. The van der Waals surface area contributed by atoms with Crippen molar-refractivity contribution in [3.8, 4) is 11.5 Å². The minimum atomic E-state index is -1.08. The minimum absolute atomic E-state index is 0.156. The molecule has 3 aliphatic heterocycles. The molecule has 0 radical (unpaired) electrons. The van der Waals surface area contributed by atoms with Crippen LogP contribution in [0.2, 0.25) is 0 Å². The molecular weight excluding hydrogens is 514 g/mol. The van der Waals surface area contributed by atoms with Crippen molar-refractivity contribution in [2.75, 3.05) is 20.3 Å². The summed E-state index contributed by atoms with van der Waals surface area (Å²) in [6.45, 7) is 4.13. The second-order valence-electron chi connectivity index (χ2n) is 9.62. The highest BCUT2D eigenvalue weighted by Gasteiger charge is 2.57. The fourth-order valence-corrected chi connectivity index (χ4v) is 5.35. The first-order valence-electron chi connectivity index (χ1n) is 13.1. The van der Waals surface area contributed by atoms with Crippen molar-refractivity contribution in [2.45, 2.75) is 36.9 Å². The van der Waals surface area contributed by atoms with Crippen molar-refractivity contribution in [3.63, 3.8) is 0 Å². The number of methoxy groups -OCH3 is 1. The van der Waals surface area contributed by atoms with Gasteiger partial charge in [-0.25, -0.2) is 0 Å². The highest BCUT2D eigenvalue weighted by molar-refractivity contribution is 6.21. The zero-order valence-corrected chi connectivity index (χ0v) is 21.9. The molecule has 3 aliphatic rings. The second kappa shape index (κ2) is 11.2. The van der Waals surface area contributed by atoms with E-state index in [9.17, 15) is 9.59 Å². The molecule has 6 rings (SSSR count). The molecule has 2 fully saturated rings. The van der Waals surface area contributed by atoms with Crippen LogP contribution in [-0.2, 0) is 18.9 Å². The molecule has 6 atom stereocenters. The Kier molecular flexibility index (Phi) is 7.36. The second-order valence-corrected chi connectivity index (χ2v) is 9.62. The molecule has 0 spiro atoms. The van der Waals surface area contributed by atoms with E-state index in [-0.39, 0.29) is 13.2 Å². The molecule has 0 N–H and O–H groups in total. The third-order valence-electron chi connectivity index (χ3n) is 7.22. The summed E-state index contributed by atoms with van der Waals surface area (Å²) >= 11 is 0. The molecule has 0 aliphatic carbocycles. The first-order valence-corrected chi connectivity index (χ1v) is 13.1. The van der Waals surface area contributed by atoms with E-state index in [2.05, 4.69) is 6.58 Å². The normalized spacial score (nSPS) is 27.6. The van der Waals surface area contributed by atoms with Gasteiger partial charge < -0.3 is 28.4 Å². The average molecular weight is 544 g/mol. The van der Waals surface area contributed by atoms with Gasteiger partial charge in [0, 0.05) is 5.56 Å². The summed E-state index contributed by atoms with van der Waals surface area (Å²) in [7, 11) is 1.58. The first kappa shape index (κ1) is 26.2. The Hall–Kier alpha value is -4.02. The van der Waals surface area contributed by atoms with Crippen LogP contribution in [0.1, 0.15) is 32.6 Å². The van der Waals surface area contributed by atoms with Crippen LogP contribution in [0.4, 0.5) is 0 Å². The van der Waals surface area contributed by atoms with Crippen LogP contribution < -0.4 is 9.47 Å². The first-order chi connectivity index (χ1) is 19.6. The lowest BCUT2D eigenvalue weighted by atomic mass is 9.94. The Morgan fingerprint density at radius 2 is 1.55 bits per heavy atom.